The van der Waals surface area contributed by atoms with E-state index >= 15 is 0 Å². The van der Waals surface area contributed by atoms with E-state index in [2.05, 4.69) is 15.5 Å². The van der Waals surface area contributed by atoms with Gasteiger partial charge in [-0.25, -0.2) is 4.39 Å². The molecule has 0 spiro atoms. The molecule has 0 saturated carbocycles. The molecule has 284 valence electrons. The van der Waals surface area contributed by atoms with E-state index in [1.807, 2.05) is 0 Å². The molecular weight excluding hydrogens is 701 g/mol. The highest BCUT2D eigenvalue weighted by Crippen LogP contribution is 2.35. The Morgan fingerprint density at radius 1 is 0.980 bits per heavy atom. The lowest BCUT2D eigenvalue weighted by atomic mass is 9.96. The van der Waals surface area contributed by atoms with Crippen LogP contribution in [0.3, 0.4) is 0 Å². The molecule has 16 nitrogen and oxygen atoms in total. The molecule has 11 atom stereocenters. The van der Waals surface area contributed by atoms with Crippen LogP contribution >= 0.6 is 11.6 Å². The Bertz CT molecular complexity index is 1440. The molecule has 18 heteroatoms. The maximum Gasteiger partial charge on any atom is 0.255 e. The third-order valence-corrected chi connectivity index (χ3v) is 9.26. The van der Waals surface area contributed by atoms with Gasteiger partial charge in [-0.3, -0.25) is 9.69 Å². The lowest BCUT2D eigenvalue weighted by Gasteiger charge is -2.46. The van der Waals surface area contributed by atoms with Gasteiger partial charge in [0.1, 0.15) is 60.4 Å². The number of carbonyl (C=O) groups is 1. The molecule has 5 rings (SSSR count). The average molecular weight is 746 g/mol. The number of nitrogens with one attached hydrogen (secondary N) is 2. The van der Waals surface area contributed by atoms with Gasteiger partial charge in [0.05, 0.1) is 48.8 Å². The van der Waals surface area contributed by atoms with Crippen molar-refractivity contribution in [1.82, 2.24) is 10.2 Å². The number of aliphatic hydroxyl groups is 7. The van der Waals surface area contributed by atoms with Gasteiger partial charge in [0, 0.05) is 32.2 Å². The van der Waals surface area contributed by atoms with Crippen molar-refractivity contribution in [2.75, 3.05) is 51.4 Å². The minimum atomic E-state index is -1.80. The highest BCUT2D eigenvalue weighted by molar-refractivity contribution is 6.33. The summed E-state index contributed by atoms with van der Waals surface area (Å²) in [6.07, 6.45) is -16.1. The van der Waals surface area contributed by atoms with E-state index < -0.39 is 80.5 Å². The standard InChI is InChI=1S/C33H45ClFN3O13/c1-2-47-22-10-21(20(34)9-19(22)31(46)36-11-18-13-38(7-8-48-18)12-16-3-5-17(35)6-4-16)37-32-28(44)27(43)30(24(15-40)49-32)51-33-29(45)26(42)25(41)23(14-39)50-33/h3-6,9-10,18,23-30,32-33,37,39-45H,2,7-8,11-15H2,1H3,(H,36,46). The normalized spacial score (nSPS) is 33.1. The lowest BCUT2D eigenvalue weighted by Crippen LogP contribution is -2.65. The number of halogens is 2. The summed E-state index contributed by atoms with van der Waals surface area (Å²) in [4.78, 5) is 15.5. The number of nitrogens with zero attached hydrogens (tertiary/aromatic N) is 1. The fourth-order valence-corrected chi connectivity index (χ4v) is 6.39. The first-order valence-corrected chi connectivity index (χ1v) is 17.0. The van der Waals surface area contributed by atoms with Crippen molar-refractivity contribution in [2.24, 2.45) is 0 Å². The van der Waals surface area contributed by atoms with E-state index in [-0.39, 0.29) is 47.1 Å². The molecule has 3 heterocycles. The van der Waals surface area contributed by atoms with Gasteiger partial charge in [-0.15, -0.1) is 0 Å². The van der Waals surface area contributed by atoms with E-state index in [1.165, 1.54) is 24.3 Å². The van der Waals surface area contributed by atoms with Gasteiger partial charge in [0.2, 0.25) is 0 Å². The van der Waals surface area contributed by atoms with Gasteiger partial charge in [0.15, 0.2) is 12.5 Å². The molecule has 3 saturated heterocycles. The second-order valence-electron chi connectivity index (χ2n) is 12.5. The molecule has 3 fully saturated rings. The molecule has 3 aliphatic heterocycles. The van der Waals surface area contributed by atoms with Crippen molar-refractivity contribution < 1.29 is 68.6 Å². The summed E-state index contributed by atoms with van der Waals surface area (Å²) in [5.74, 6) is -0.635. The number of ether oxygens (including phenoxy) is 5. The quantitative estimate of drug-likeness (QED) is 0.114. The maximum absolute atomic E-state index is 13.3. The summed E-state index contributed by atoms with van der Waals surface area (Å²) in [5, 5.41) is 77.8. The molecule has 51 heavy (non-hydrogen) atoms. The van der Waals surface area contributed by atoms with Crippen molar-refractivity contribution in [1.29, 1.82) is 0 Å². The largest absolute Gasteiger partial charge is 0.493 e. The highest BCUT2D eigenvalue weighted by atomic mass is 35.5. The maximum atomic E-state index is 13.3. The van der Waals surface area contributed by atoms with Gasteiger partial charge < -0.3 is 70.1 Å². The van der Waals surface area contributed by atoms with E-state index in [0.717, 1.165) is 5.56 Å². The van der Waals surface area contributed by atoms with Crippen molar-refractivity contribution in [3.8, 4) is 5.75 Å². The number of hydrogen-bond donors (Lipinski definition) is 9. The number of benzene rings is 2. The number of morpholine rings is 1. The molecule has 1 amide bonds. The number of anilines is 1. The van der Waals surface area contributed by atoms with Crippen molar-refractivity contribution in [3.05, 3.63) is 58.4 Å². The Balaban J connectivity index is 1.22. The Labute approximate surface area is 298 Å². The smallest absolute Gasteiger partial charge is 0.255 e. The van der Waals surface area contributed by atoms with Crippen LogP contribution in [0.5, 0.6) is 5.75 Å². The van der Waals surface area contributed by atoms with Crippen LogP contribution < -0.4 is 15.4 Å². The number of hydrogen-bond acceptors (Lipinski definition) is 15. The Morgan fingerprint density at radius 3 is 2.39 bits per heavy atom. The molecule has 2 aromatic rings. The molecule has 11 unspecified atom stereocenters. The molecule has 0 bridgehead atoms. The van der Waals surface area contributed by atoms with Gasteiger partial charge in [0.25, 0.3) is 5.91 Å². The topological polar surface area (TPSA) is 232 Å². The fourth-order valence-electron chi connectivity index (χ4n) is 6.18. The van der Waals surface area contributed by atoms with Crippen LogP contribution in [0.15, 0.2) is 36.4 Å². The van der Waals surface area contributed by atoms with Crippen molar-refractivity contribution >= 4 is 23.2 Å². The number of carbonyl (C=O) groups excluding carboxylic acids is 1. The van der Waals surface area contributed by atoms with Crippen LogP contribution in [0.2, 0.25) is 5.02 Å². The molecule has 0 aromatic heterocycles. The second-order valence-corrected chi connectivity index (χ2v) is 12.9. The first kappa shape index (κ1) is 39.5. The van der Waals surface area contributed by atoms with Crippen molar-refractivity contribution in [2.45, 2.75) is 80.9 Å². The molecule has 2 aromatic carbocycles. The minimum absolute atomic E-state index is 0.0357. The zero-order chi connectivity index (χ0) is 36.8. The summed E-state index contributed by atoms with van der Waals surface area (Å²) in [7, 11) is 0. The summed E-state index contributed by atoms with van der Waals surface area (Å²) in [6.45, 7) is 2.95. The first-order valence-electron chi connectivity index (χ1n) is 16.6. The van der Waals surface area contributed by atoms with Crippen LogP contribution in [0.25, 0.3) is 0 Å². The van der Waals surface area contributed by atoms with Crippen LogP contribution in [0, 0.1) is 5.82 Å². The van der Waals surface area contributed by atoms with E-state index in [1.54, 1.807) is 19.1 Å². The summed E-state index contributed by atoms with van der Waals surface area (Å²) in [5.41, 5.74) is 1.24. The predicted octanol–water partition coefficient (Wildman–Crippen LogP) is -1.46. The second kappa shape index (κ2) is 17.8. The van der Waals surface area contributed by atoms with Gasteiger partial charge in [-0.05, 0) is 30.7 Å². The molecule has 9 N–H and O–H groups in total. The SMILES string of the molecule is CCOc1cc(NC2OC(CO)C(OC3OC(CO)C(O)C(O)C3O)C(O)C2O)c(Cl)cc1C(=O)NCC1CN(Cc2ccc(F)cc2)CCO1. The third-order valence-electron chi connectivity index (χ3n) is 8.95. The lowest BCUT2D eigenvalue weighted by molar-refractivity contribution is -0.340. The van der Waals surface area contributed by atoms with E-state index in [4.69, 9.17) is 35.3 Å². The summed E-state index contributed by atoms with van der Waals surface area (Å²) in [6, 6.07) is 9.08. The molecule has 0 radical (unpaired) electrons. The van der Waals surface area contributed by atoms with Crippen LogP contribution in [0.4, 0.5) is 10.1 Å². The fraction of sp³-hybridized carbons (Fsp3) is 0.606. The number of amides is 1. The van der Waals surface area contributed by atoms with Crippen LogP contribution in [-0.4, -0.2) is 160 Å². The Hall–Kier alpha value is -2.75. The van der Waals surface area contributed by atoms with Gasteiger partial charge >= 0.3 is 0 Å². The number of rotatable bonds is 13. The predicted molar refractivity (Wildman–Crippen MR) is 176 cm³/mol. The minimum Gasteiger partial charge on any atom is -0.493 e. The molecular formula is C33H45ClFN3O13. The third kappa shape index (κ3) is 9.44. The summed E-state index contributed by atoms with van der Waals surface area (Å²) >= 11 is 6.56. The zero-order valence-corrected chi connectivity index (χ0v) is 28.5. The first-order chi connectivity index (χ1) is 24.4. The van der Waals surface area contributed by atoms with Crippen LogP contribution in [-0.2, 0) is 25.5 Å². The molecule has 0 aliphatic carbocycles. The zero-order valence-electron chi connectivity index (χ0n) is 27.8. The van der Waals surface area contributed by atoms with E-state index in [9.17, 15) is 44.9 Å². The van der Waals surface area contributed by atoms with Gasteiger partial charge in [-0.1, -0.05) is 23.7 Å². The van der Waals surface area contributed by atoms with Crippen LogP contribution in [0.1, 0.15) is 22.8 Å². The van der Waals surface area contributed by atoms with Crippen molar-refractivity contribution in [3.63, 3.8) is 0 Å². The van der Waals surface area contributed by atoms with Gasteiger partial charge in [-0.2, -0.15) is 0 Å². The highest BCUT2D eigenvalue weighted by Gasteiger charge is 2.50. The van der Waals surface area contributed by atoms with E-state index in [0.29, 0.717) is 26.2 Å². The summed E-state index contributed by atoms with van der Waals surface area (Å²) < 4.78 is 41.6. The monoisotopic (exact) mass is 745 g/mol. The molecule has 3 aliphatic rings. The number of aliphatic hydroxyl groups excluding tert-OH is 7. The average Bonchev–Trinajstić information content (AvgIpc) is 3.12. The Kier molecular flexibility index (Phi) is 13.8. The Morgan fingerprint density at radius 2 is 1.71 bits per heavy atom.